The Hall–Kier alpha value is -2.22. The largest absolute Gasteiger partial charge is 0.372 e. The zero-order valence-electron chi connectivity index (χ0n) is 15.1. The number of carbonyl (C=O) groups excluding carboxylic acids is 1. The summed E-state index contributed by atoms with van der Waals surface area (Å²) in [5, 5.41) is 10.7. The number of halogens is 1. The van der Waals surface area contributed by atoms with Gasteiger partial charge in [0.25, 0.3) is 5.69 Å². The average Bonchev–Trinajstić information content (AvgIpc) is 2.60. The standard InChI is InChI=1S/C18H24FN3O4/c1-12-10-21(11-13(2)26-12)18(23)14-5-7-20(8-6-14)17-4-3-15(22(24)25)9-16(17)19/h3-4,9,12-14H,5-8,10-11H2,1-2H3. The van der Waals surface area contributed by atoms with Crippen LogP contribution in [0.3, 0.4) is 0 Å². The molecule has 0 N–H and O–H groups in total. The van der Waals surface area contributed by atoms with Gasteiger partial charge in [-0.3, -0.25) is 14.9 Å². The van der Waals surface area contributed by atoms with Crippen LogP contribution in [0.2, 0.25) is 0 Å². The van der Waals surface area contributed by atoms with E-state index >= 15 is 0 Å². The van der Waals surface area contributed by atoms with Crippen molar-refractivity contribution in [1.29, 1.82) is 0 Å². The van der Waals surface area contributed by atoms with Crippen LogP contribution in [0.25, 0.3) is 0 Å². The molecule has 0 spiro atoms. The van der Waals surface area contributed by atoms with E-state index in [0.29, 0.717) is 44.7 Å². The number of hydrogen-bond donors (Lipinski definition) is 0. The van der Waals surface area contributed by atoms with Gasteiger partial charge in [0.15, 0.2) is 5.82 Å². The zero-order valence-corrected chi connectivity index (χ0v) is 15.1. The average molecular weight is 365 g/mol. The van der Waals surface area contributed by atoms with Gasteiger partial charge in [0, 0.05) is 38.2 Å². The van der Waals surface area contributed by atoms with Gasteiger partial charge in [-0.25, -0.2) is 4.39 Å². The van der Waals surface area contributed by atoms with Crippen molar-refractivity contribution in [3.63, 3.8) is 0 Å². The van der Waals surface area contributed by atoms with E-state index in [9.17, 15) is 19.3 Å². The number of hydrogen-bond acceptors (Lipinski definition) is 5. The van der Waals surface area contributed by atoms with E-state index in [4.69, 9.17) is 4.74 Å². The van der Waals surface area contributed by atoms with Crippen molar-refractivity contribution in [2.45, 2.75) is 38.9 Å². The second kappa shape index (κ2) is 7.57. The Bertz CT molecular complexity index is 681. The number of anilines is 1. The number of piperidine rings is 1. The third-order valence-corrected chi connectivity index (χ3v) is 5.06. The summed E-state index contributed by atoms with van der Waals surface area (Å²) in [6.07, 6.45) is 1.37. The first kappa shape index (κ1) is 18.6. The van der Waals surface area contributed by atoms with Crippen LogP contribution < -0.4 is 4.90 Å². The Balaban J connectivity index is 1.60. The maximum Gasteiger partial charge on any atom is 0.272 e. The molecular formula is C18H24FN3O4. The highest BCUT2D eigenvalue weighted by Crippen LogP contribution is 2.29. The van der Waals surface area contributed by atoms with Crippen LogP contribution >= 0.6 is 0 Å². The van der Waals surface area contributed by atoms with Crippen molar-refractivity contribution in [1.82, 2.24) is 4.90 Å². The molecule has 7 nitrogen and oxygen atoms in total. The third-order valence-electron chi connectivity index (χ3n) is 5.06. The van der Waals surface area contributed by atoms with Crippen molar-refractivity contribution >= 4 is 17.3 Å². The molecule has 1 amide bonds. The fourth-order valence-corrected chi connectivity index (χ4v) is 3.85. The normalized spacial score (nSPS) is 24.6. The lowest BCUT2D eigenvalue weighted by Crippen LogP contribution is -2.51. The Kier molecular flexibility index (Phi) is 5.41. The van der Waals surface area contributed by atoms with Crippen LogP contribution in [0.1, 0.15) is 26.7 Å². The van der Waals surface area contributed by atoms with Crippen molar-refractivity contribution in [3.05, 3.63) is 34.1 Å². The molecule has 2 atom stereocenters. The lowest BCUT2D eigenvalue weighted by atomic mass is 9.94. The van der Waals surface area contributed by atoms with Gasteiger partial charge in [-0.05, 0) is 32.8 Å². The Morgan fingerprint density at radius 3 is 2.38 bits per heavy atom. The second-order valence-corrected chi connectivity index (χ2v) is 7.15. The molecule has 2 heterocycles. The van der Waals surface area contributed by atoms with Crippen molar-refractivity contribution in [2.75, 3.05) is 31.1 Å². The predicted molar refractivity (Wildman–Crippen MR) is 94.6 cm³/mol. The number of ether oxygens (including phenoxy) is 1. The number of morpholine rings is 1. The van der Waals surface area contributed by atoms with Gasteiger partial charge in [-0.15, -0.1) is 0 Å². The quantitative estimate of drug-likeness (QED) is 0.608. The summed E-state index contributed by atoms with van der Waals surface area (Å²) in [5.74, 6) is -0.513. The molecule has 142 valence electrons. The maximum atomic E-state index is 14.2. The molecule has 2 fully saturated rings. The summed E-state index contributed by atoms with van der Waals surface area (Å²) >= 11 is 0. The number of non-ortho nitro benzene ring substituents is 1. The molecule has 2 saturated heterocycles. The van der Waals surface area contributed by atoms with Gasteiger partial charge in [0.05, 0.1) is 28.9 Å². The van der Waals surface area contributed by atoms with E-state index in [1.165, 1.54) is 12.1 Å². The highest BCUT2D eigenvalue weighted by molar-refractivity contribution is 5.79. The SMILES string of the molecule is CC1CN(C(=O)C2CCN(c3ccc([N+](=O)[O-])cc3F)CC2)CC(C)O1. The van der Waals surface area contributed by atoms with Gasteiger partial charge < -0.3 is 14.5 Å². The molecule has 2 aliphatic heterocycles. The minimum Gasteiger partial charge on any atom is -0.372 e. The first-order valence-corrected chi connectivity index (χ1v) is 8.98. The fourth-order valence-electron chi connectivity index (χ4n) is 3.85. The summed E-state index contributed by atoms with van der Waals surface area (Å²) in [4.78, 5) is 26.6. The number of nitrogens with zero attached hydrogens (tertiary/aromatic N) is 3. The zero-order chi connectivity index (χ0) is 18.8. The molecule has 2 aliphatic rings. The van der Waals surface area contributed by atoms with Crippen molar-refractivity contribution in [2.24, 2.45) is 5.92 Å². The Labute approximate surface area is 151 Å². The molecule has 0 bridgehead atoms. The molecule has 0 radical (unpaired) electrons. The summed E-state index contributed by atoms with van der Waals surface area (Å²) in [6.45, 7) is 6.27. The highest BCUT2D eigenvalue weighted by atomic mass is 19.1. The van der Waals surface area contributed by atoms with Gasteiger partial charge in [0.2, 0.25) is 5.91 Å². The van der Waals surface area contributed by atoms with Crippen LogP contribution in [0.5, 0.6) is 0 Å². The number of nitro benzene ring substituents is 1. The smallest absolute Gasteiger partial charge is 0.272 e. The molecular weight excluding hydrogens is 341 g/mol. The number of amides is 1. The van der Waals surface area contributed by atoms with Crippen molar-refractivity contribution in [3.8, 4) is 0 Å². The number of rotatable bonds is 3. The predicted octanol–water partition coefficient (Wildman–Crippen LogP) is 2.59. The van der Waals surface area contributed by atoms with Gasteiger partial charge in [-0.1, -0.05) is 0 Å². The van der Waals surface area contributed by atoms with E-state index < -0.39 is 10.7 Å². The molecule has 3 rings (SSSR count). The molecule has 0 aromatic heterocycles. The lowest BCUT2D eigenvalue weighted by Gasteiger charge is -2.39. The van der Waals surface area contributed by atoms with Gasteiger partial charge >= 0.3 is 0 Å². The maximum absolute atomic E-state index is 14.2. The molecule has 0 saturated carbocycles. The summed E-state index contributed by atoms with van der Waals surface area (Å²) in [7, 11) is 0. The van der Waals surface area contributed by atoms with Crippen LogP contribution in [0, 0.1) is 21.8 Å². The van der Waals surface area contributed by atoms with Gasteiger partial charge in [-0.2, -0.15) is 0 Å². The van der Waals surface area contributed by atoms with E-state index in [1.807, 2.05) is 23.6 Å². The minimum absolute atomic E-state index is 0.0389. The molecule has 1 aromatic carbocycles. The van der Waals surface area contributed by atoms with Crippen molar-refractivity contribution < 1.29 is 18.8 Å². The van der Waals surface area contributed by atoms with Gasteiger partial charge in [0.1, 0.15) is 0 Å². The van der Waals surface area contributed by atoms with E-state index in [2.05, 4.69) is 0 Å². The molecule has 2 unspecified atom stereocenters. The molecule has 1 aromatic rings. The third kappa shape index (κ3) is 3.95. The molecule has 0 aliphatic carbocycles. The highest BCUT2D eigenvalue weighted by Gasteiger charge is 2.33. The lowest BCUT2D eigenvalue weighted by molar-refractivity contribution is -0.385. The van der Waals surface area contributed by atoms with E-state index in [0.717, 1.165) is 6.07 Å². The second-order valence-electron chi connectivity index (χ2n) is 7.15. The molecule has 8 heteroatoms. The number of carbonyl (C=O) groups is 1. The van der Waals surface area contributed by atoms with Crippen LogP contribution in [0.15, 0.2) is 18.2 Å². The van der Waals surface area contributed by atoms with Crippen LogP contribution in [0.4, 0.5) is 15.8 Å². The number of nitro groups is 1. The Morgan fingerprint density at radius 2 is 1.85 bits per heavy atom. The number of benzene rings is 1. The van der Waals surface area contributed by atoms with Crippen LogP contribution in [-0.4, -0.2) is 54.1 Å². The monoisotopic (exact) mass is 365 g/mol. The first-order chi connectivity index (χ1) is 12.3. The summed E-state index contributed by atoms with van der Waals surface area (Å²) in [5.41, 5.74) is 0.0991. The van der Waals surface area contributed by atoms with E-state index in [-0.39, 0.29) is 29.7 Å². The Morgan fingerprint density at radius 1 is 1.23 bits per heavy atom. The first-order valence-electron chi connectivity index (χ1n) is 8.98. The summed E-state index contributed by atoms with van der Waals surface area (Å²) < 4.78 is 19.9. The topological polar surface area (TPSA) is 75.9 Å². The molecule has 26 heavy (non-hydrogen) atoms. The van der Waals surface area contributed by atoms with E-state index in [1.54, 1.807) is 0 Å². The summed E-state index contributed by atoms with van der Waals surface area (Å²) in [6, 6.07) is 3.70. The minimum atomic E-state index is -0.609. The van der Waals surface area contributed by atoms with Crippen LogP contribution in [-0.2, 0) is 9.53 Å². The fraction of sp³-hybridized carbons (Fsp3) is 0.611.